The molecule has 1 aromatic heterocycles. The maximum Gasteiger partial charge on any atom is 0.164 e. The van der Waals surface area contributed by atoms with Crippen LogP contribution >= 0.6 is 0 Å². The lowest BCUT2D eigenvalue weighted by molar-refractivity contribution is 0.471. The molecule has 96 valence electrons. The number of aromatic hydroxyl groups is 1. The van der Waals surface area contributed by atoms with Crippen LogP contribution in [0.4, 0.5) is 0 Å². The summed E-state index contributed by atoms with van der Waals surface area (Å²) in [7, 11) is 1.84. The monoisotopic (exact) mass is 244 g/mol. The van der Waals surface area contributed by atoms with Gasteiger partial charge in [0.15, 0.2) is 5.75 Å². The Labute approximate surface area is 108 Å². The van der Waals surface area contributed by atoms with Gasteiger partial charge in [-0.2, -0.15) is 5.10 Å². The van der Waals surface area contributed by atoms with E-state index in [1.165, 1.54) is 5.56 Å². The molecule has 1 heterocycles. The van der Waals surface area contributed by atoms with Crippen molar-refractivity contribution >= 4 is 0 Å². The number of rotatable bonds is 1. The molecule has 2 aromatic rings. The molecule has 0 fully saturated rings. The van der Waals surface area contributed by atoms with Crippen LogP contribution in [-0.4, -0.2) is 14.9 Å². The van der Waals surface area contributed by atoms with E-state index in [0.29, 0.717) is 5.69 Å². The molecule has 0 saturated carbocycles. The van der Waals surface area contributed by atoms with E-state index in [9.17, 15) is 5.11 Å². The normalized spacial score (nSPS) is 11.8. The van der Waals surface area contributed by atoms with Crippen LogP contribution in [0.25, 0.3) is 11.3 Å². The van der Waals surface area contributed by atoms with Crippen molar-refractivity contribution in [3.63, 3.8) is 0 Å². The molecule has 0 saturated heterocycles. The molecule has 0 aliphatic heterocycles. The minimum Gasteiger partial charge on any atom is -0.504 e. The highest BCUT2D eigenvalue weighted by atomic mass is 16.3. The van der Waals surface area contributed by atoms with Gasteiger partial charge in [-0.05, 0) is 24.0 Å². The zero-order valence-electron chi connectivity index (χ0n) is 11.7. The molecule has 0 aliphatic carbocycles. The summed E-state index contributed by atoms with van der Waals surface area (Å²) in [6.45, 7) is 8.39. The second-order valence-electron chi connectivity index (χ2n) is 5.74. The number of aromatic nitrogens is 2. The number of benzene rings is 1. The van der Waals surface area contributed by atoms with Crippen molar-refractivity contribution in [2.24, 2.45) is 7.05 Å². The van der Waals surface area contributed by atoms with Gasteiger partial charge >= 0.3 is 0 Å². The van der Waals surface area contributed by atoms with Crippen LogP contribution in [0.3, 0.4) is 0 Å². The van der Waals surface area contributed by atoms with Crippen molar-refractivity contribution in [3.8, 4) is 17.0 Å². The van der Waals surface area contributed by atoms with E-state index in [2.05, 4.69) is 38.0 Å². The van der Waals surface area contributed by atoms with Gasteiger partial charge in [0.05, 0.1) is 5.69 Å². The summed E-state index contributed by atoms with van der Waals surface area (Å²) in [4.78, 5) is 0. The highest BCUT2D eigenvalue weighted by molar-refractivity contribution is 5.67. The second-order valence-corrected chi connectivity index (χ2v) is 5.74. The number of nitrogens with zero attached hydrogens (tertiary/aromatic N) is 2. The average Bonchev–Trinajstić information content (AvgIpc) is 2.56. The van der Waals surface area contributed by atoms with Crippen molar-refractivity contribution in [1.29, 1.82) is 0 Å². The van der Waals surface area contributed by atoms with Gasteiger partial charge in [-0.1, -0.05) is 39.0 Å². The van der Waals surface area contributed by atoms with Crippen molar-refractivity contribution in [2.45, 2.75) is 33.1 Å². The summed E-state index contributed by atoms with van der Waals surface area (Å²) in [6.07, 6.45) is 0. The van der Waals surface area contributed by atoms with E-state index >= 15 is 0 Å². The minimum atomic E-state index is 0.0927. The third-order valence-corrected chi connectivity index (χ3v) is 3.30. The molecule has 0 bridgehead atoms. The number of hydrogen-bond acceptors (Lipinski definition) is 2. The van der Waals surface area contributed by atoms with E-state index in [-0.39, 0.29) is 11.2 Å². The molecular formula is C15H20N2O. The highest BCUT2D eigenvalue weighted by Crippen LogP contribution is 2.33. The van der Waals surface area contributed by atoms with Crippen LogP contribution < -0.4 is 0 Å². The van der Waals surface area contributed by atoms with Gasteiger partial charge in [0.2, 0.25) is 0 Å². The molecule has 0 unspecified atom stereocenters. The summed E-state index contributed by atoms with van der Waals surface area (Å²) < 4.78 is 1.70. The molecule has 1 aromatic carbocycles. The second kappa shape index (κ2) is 4.16. The first kappa shape index (κ1) is 12.7. The quantitative estimate of drug-likeness (QED) is 0.835. The molecule has 0 aliphatic rings. The van der Waals surface area contributed by atoms with E-state index < -0.39 is 0 Å². The smallest absolute Gasteiger partial charge is 0.164 e. The number of aryl methyl sites for hydroxylation is 1. The maximum atomic E-state index is 10.1. The molecule has 3 nitrogen and oxygen atoms in total. The topological polar surface area (TPSA) is 38.1 Å². The van der Waals surface area contributed by atoms with Crippen LogP contribution in [0.2, 0.25) is 0 Å². The molecule has 0 radical (unpaired) electrons. The Morgan fingerprint density at radius 1 is 1.22 bits per heavy atom. The molecular weight excluding hydrogens is 224 g/mol. The summed E-state index contributed by atoms with van der Waals surface area (Å²) in [5, 5.41) is 14.5. The standard InChI is InChI=1S/C15H20N2O/c1-10-14(18)13(16-17(10)5)11-7-6-8-12(9-11)15(2,3)4/h6-9,18H,1-5H3. The van der Waals surface area contributed by atoms with E-state index in [0.717, 1.165) is 11.3 Å². The summed E-state index contributed by atoms with van der Waals surface area (Å²) in [5.41, 5.74) is 3.73. The Hall–Kier alpha value is -1.77. The first-order valence-electron chi connectivity index (χ1n) is 6.14. The van der Waals surface area contributed by atoms with E-state index in [4.69, 9.17) is 0 Å². The van der Waals surface area contributed by atoms with Gasteiger partial charge in [0.1, 0.15) is 5.69 Å². The first-order chi connectivity index (χ1) is 8.30. The van der Waals surface area contributed by atoms with Gasteiger partial charge in [0.25, 0.3) is 0 Å². The van der Waals surface area contributed by atoms with Gasteiger partial charge in [-0.3, -0.25) is 4.68 Å². The highest BCUT2D eigenvalue weighted by Gasteiger charge is 2.17. The zero-order chi connectivity index (χ0) is 13.5. The van der Waals surface area contributed by atoms with Crippen LogP contribution in [0.1, 0.15) is 32.0 Å². The molecule has 0 spiro atoms. The molecule has 1 N–H and O–H groups in total. The fraction of sp³-hybridized carbons (Fsp3) is 0.400. The summed E-state index contributed by atoms with van der Waals surface area (Å²) >= 11 is 0. The first-order valence-corrected chi connectivity index (χ1v) is 6.14. The zero-order valence-corrected chi connectivity index (χ0v) is 11.7. The van der Waals surface area contributed by atoms with Crippen LogP contribution in [0.15, 0.2) is 24.3 Å². The maximum absolute atomic E-state index is 10.1. The molecule has 18 heavy (non-hydrogen) atoms. The predicted octanol–water partition coefficient (Wildman–Crippen LogP) is 3.40. The predicted molar refractivity (Wildman–Crippen MR) is 73.7 cm³/mol. The van der Waals surface area contributed by atoms with Gasteiger partial charge in [-0.15, -0.1) is 0 Å². The molecule has 3 heteroatoms. The lowest BCUT2D eigenvalue weighted by atomic mass is 9.86. The fourth-order valence-electron chi connectivity index (χ4n) is 1.92. The average molecular weight is 244 g/mol. The largest absolute Gasteiger partial charge is 0.504 e. The third-order valence-electron chi connectivity index (χ3n) is 3.30. The third kappa shape index (κ3) is 2.13. The SMILES string of the molecule is Cc1c(O)c(-c2cccc(C(C)(C)C)c2)nn1C. The molecule has 2 rings (SSSR count). The van der Waals surface area contributed by atoms with E-state index in [1.807, 2.05) is 26.1 Å². The van der Waals surface area contributed by atoms with Crippen molar-refractivity contribution in [1.82, 2.24) is 9.78 Å². The van der Waals surface area contributed by atoms with Gasteiger partial charge in [-0.25, -0.2) is 0 Å². The van der Waals surface area contributed by atoms with Crippen molar-refractivity contribution in [3.05, 3.63) is 35.5 Å². The Bertz CT molecular complexity index is 577. The van der Waals surface area contributed by atoms with Crippen LogP contribution in [-0.2, 0) is 12.5 Å². The summed E-state index contributed by atoms with van der Waals surface area (Å²) in [5.74, 6) is 0.267. The van der Waals surface area contributed by atoms with Crippen molar-refractivity contribution in [2.75, 3.05) is 0 Å². The molecule has 0 atom stereocenters. The Morgan fingerprint density at radius 2 is 1.89 bits per heavy atom. The minimum absolute atomic E-state index is 0.0927. The summed E-state index contributed by atoms with van der Waals surface area (Å²) in [6, 6.07) is 8.20. The Morgan fingerprint density at radius 3 is 2.39 bits per heavy atom. The van der Waals surface area contributed by atoms with Crippen molar-refractivity contribution < 1.29 is 5.11 Å². The fourth-order valence-corrected chi connectivity index (χ4v) is 1.92. The van der Waals surface area contributed by atoms with Crippen LogP contribution in [0.5, 0.6) is 5.75 Å². The van der Waals surface area contributed by atoms with Gasteiger partial charge in [0, 0.05) is 12.6 Å². The Kier molecular flexibility index (Phi) is 2.93. The number of hydrogen-bond donors (Lipinski definition) is 1. The van der Waals surface area contributed by atoms with Gasteiger partial charge < -0.3 is 5.11 Å². The lowest BCUT2D eigenvalue weighted by Crippen LogP contribution is -2.10. The lowest BCUT2D eigenvalue weighted by Gasteiger charge is -2.19. The van der Waals surface area contributed by atoms with E-state index in [1.54, 1.807) is 4.68 Å². The Balaban J connectivity index is 2.55. The molecule has 0 amide bonds. The van der Waals surface area contributed by atoms with Crippen LogP contribution in [0, 0.1) is 6.92 Å².